The molecule has 1 N–H and O–H groups in total. The zero-order valence-electron chi connectivity index (χ0n) is 12.1. The van der Waals surface area contributed by atoms with Crippen LogP contribution in [-0.2, 0) is 6.42 Å². The van der Waals surface area contributed by atoms with Crippen LogP contribution in [0.3, 0.4) is 0 Å². The molecule has 0 radical (unpaired) electrons. The van der Waals surface area contributed by atoms with E-state index in [4.69, 9.17) is 4.98 Å². The van der Waals surface area contributed by atoms with Crippen LogP contribution >= 0.6 is 11.8 Å². The monoisotopic (exact) mass is 280 g/mol. The molecule has 1 unspecified atom stereocenters. The van der Waals surface area contributed by atoms with Gasteiger partial charge in [-0.15, -0.1) is 0 Å². The number of thioether (sulfide) groups is 1. The first-order valence-electron chi connectivity index (χ1n) is 7.25. The summed E-state index contributed by atoms with van der Waals surface area (Å²) < 4.78 is 0. The Morgan fingerprint density at radius 2 is 2.21 bits per heavy atom. The first kappa shape index (κ1) is 14.4. The molecule has 4 nitrogen and oxygen atoms in total. The molecular weight excluding hydrogens is 256 g/mol. The summed E-state index contributed by atoms with van der Waals surface area (Å²) in [4.78, 5) is 11.6. The summed E-state index contributed by atoms with van der Waals surface area (Å²) in [5, 5.41) is 4.04. The molecule has 1 aliphatic heterocycles. The second-order valence-electron chi connectivity index (χ2n) is 4.76. The Balaban J connectivity index is 2.19. The van der Waals surface area contributed by atoms with Gasteiger partial charge in [0.2, 0.25) is 0 Å². The summed E-state index contributed by atoms with van der Waals surface area (Å²) in [6.07, 6.45) is 2.11. The van der Waals surface area contributed by atoms with E-state index in [-0.39, 0.29) is 0 Å². The lowest BCUT2D eigenvalue weighted by molar-refractivity contribution is 0.715. The molecule has 1 fully saturated rings. The summed E-state index contributed by atoms with van der Waals surface area (Å²) in [5.41, 5.74) is 0. The number of nitrogens with one attached hydrogen (secondary N) is 1. The molecule has 19 heavy (non-hydrogen) atoms. The fourth-order valence-corrected chi connectivity index (χ4v) is 3.43. The molecule has 0 saturated carbocycles. The first-order valence-corrected chi connectivity index (χ1v) is 8.30. The van der Waals surface area contributed by atoms with E-state index < -0.39 is 0 Å². The molecule has 2 heterocycles. The zero-order chi connectivity index (χ0) is 13.7. The standard InChI is InChI=1S/C14H24N4S/c1-4-11-10-18(7-8-19-11)14-9-13(15-6-3)16-12(5-2)17-14/h9,11H,4-8,10H2,1-3H3,(H,15,16,17). The van der Waals surface area contributed by atoms with Gasteiger partial charge in [0.1, 0.15) is 17.5 Å². The highest BCUT2D eigenvalue weighted by molar-refractivity contribution is 8.00. The van der Waals surface area contributed by atoms with Gasteiger partial charge in [-0.2, -0.15) is 11.8 Å². The number of aryl methyl sites for hydroxylation is 1. The Morgan fingerprint density at radius 3 is 2.89 bits per heavy atom. The largest absolute Gasteiger partial charge is 0.370 e. The molecule has 0 bridgehead atoms. The van der Waals surface area contributed by atoms with Gasteiger partial charge in [0, 0.05) is 43.1 Å². The highest BCUT2D eigenvalue weighted by atomic mass is 32.2. The fraction of sp³-hybridized carbons (Fsp3) is 0.714. The van der Waals surface area contributed by atoms with Crippen molar-refractivity contribution in [2.45, 2.75) is 38.9 Å². The fourth-order valence-electron chi connectivity index (χ4n) is 2.25. The van der Waals surface area contributed by atoms with Crippen LogP contribution in [0.2, 0.25) is 0 Å². The normalized spacial score (nSPS) is 19.5. The molecular formula is C14H24N4S. The highest BCUT2D eigenvalue weighted by Gasteiger charge is 2.20. The number of anilines is 2. The quantitative estimate of drug-likeness (QED) is 0.898. The molecule has 1 aromatic rings. The molecule has 106 valence electrons. The topological polar surface area (TPSA) is 41.0 Å². The van der Waals surface area contributed by atoms with Crippen molar-refractivity contribution in [3.63, 3.8) is 0 Å². The van der Waals surface area contributed by atoms with Crippen LogP contribution in [0.15, 0.2) is 6.07 Å². The summed E-state index contributed by atoms with van der Waals surface area (Å²) in [6, 6.07) is 2.09. The summed E-state index contributed by atoms with van der Waals surface area (Å²) >= 11 is 2.09. The molecule has 2 rings (SSSR count). The molecule has 0 aromatic carbocycles. The molecule has 0 amide bonds. The van der Waals surface area contributed by atoms with Crippen LogP contribution in [0.4, 0.5) is 11.6 Å². The minimum atomic E-state index is 0.733. The highest BCUT2D eigenvalue weighted by Crippen LogP contribution is 2.25. The van der Waals surface area contributed by atoms with Crippen LogP contribution in [0, 0.1) is 0 Å². The third-order valence-corrected chi connectivity index (χ3v) is 4.72. The van der Waals surface area contributed by atoms with Gasteiger partial charge in [0.15, 0.2) is 0 Å². The molecule has 0 spiro atoms. The van der Waals surface area contributed by atoms with Crippen molar-refractivity contribution in [3.05, 3.63) is 11.9 Å². The lowest BCUT2D eigenvalue weighted by atomic mass is 10.3. The van der Waals surface area contributed by atoms with Crippen molar-refractivity contribution in [2.24, 2.45) is 0 Å². The minimum Gasteiger partial charge on any atom is -0.370 e. The lowest BCUT2D eigenvalue weighted by Crippen LogP contribution is -2.38. The van der Waals surface area contributed by atoms with E-state index in [2.05, 4.69) is 53.8 Å². The Hall–Kier alpha value is -0.970. The van der Waals surface area contributed by atoms with Crippen LogP contribution < -0.4 is 10.2 Å². The SMILES string of the molecule is CCNc1cc(N2CCSC(CC)C2)nc(CC)n1. The van der Waals surface area contributed by atoms with E-state index in [1.165, 1.54) is 12.2 Å². The number of aromatic nitrogens is 2. The molecule has 1 aliphatic rings. The van der Waals surface area contributed by atoms with E-state index in [0.717, 1.165) is 48.8 Å². The van der Waals surface area contributed by atoms with Gasteiger partial charge < -0.3 is 10.2 Å². The average molecular weight is 280 g/mol. The van der Waals surface area contributed by atoms with Crippen molar-refractivity contribution < 1.29 is 0 Å². The smallest absolute Gasteiger partial charge is 0.134 e. The van der Waals surface area contributed by atoms with E-state index >= 15 is 0 Å². The maximum Gasteiger partial charge on any atom is 0.134 e. The van der Waals surface area contributed by atoms with Crippen molar-refractivity contribution in [2.75, 3.05) is 35.6 Å². The second-order valence-corrected chi connectivity index (χ2v) is 6.17. The Bertz CT molecular complexity index is 410. The van der Waals surface area contributed by atoms with Gasteiger partial charge in [-0.05, 0) is 13.3 Å². The second kappa shape index (κ2) is 6.98. The molecule has 1 atom stereocenters. The summed E-state index contributed by atoms with van der Waals surface area (Å²) in [5.74, 6) is 4.16. The molecule has 0 aliphatic carbocycles. The van der Waals surface area contributed by atoms with Gasteiger partial charge in [-0.3, -0.25) is 0 Å². The first-order chi connectivity index (χ1) is 9.26. The predicted octanol–water partition coefficient (Wildman–Crippen LogP) is 2.80. The third-order valence-electron chi connectivity index (χ3n) is 3.35. The number of hydrogen-bond donors (Lipinski definition) is 1. The van der Waals surface area contributed by atoms with E-state index in [9.17, 15) is 0 Å². The zero-order valence-corrected chi connectivity index (χ0v) is 13.0. The summed E-state index contributed by atoms with van der Waals surface area (Å²) in [7, 11) is 0. The maximum absolute atomic E-state index is 4.69. The third kappa shape index (κ3) is 3.75. The van der Waals surface area contributed by atoms with Gasteiger partial charge in [0.05, 0.1) is 0 Å². The molecule has 1 aromatic heterocycles. The van der Waals surface area contributed by atoms with Crippen LogP contribution in [0.25, 0.3) is 0 Å². The van der Waals surface area contributed by atoms with Gasteiger partial charge >= 0.3 is 0 Å². The van der Waals surface area contributed by atoms with Crippen LogP contribution in [-0.4, -0.2) is 40.6 Å². The Morgan fingerprint density at radius 1 is 1.37 bits per heavy atom. The minimum absolute atomic E-state index is 0.733. The van der Waals surface area contributed by atoms with Crippen molar-refractivity contribution in [3.8, 4) is 0 Å². The van der Waals surface area contributed by atoms with Gasteiger partial charge in [-0.25, -0.2) is 9.97 Å². The van der Waals surface area contributed by atoms with Gasteiger partial charge in [-0.1, -0.05) is 13.8 Å². The number of hydrogen-bond acceptors (Lipinski definition) is 5. The Labute approximate surface area is 120 Å². The Kier molecular flexibility index (Phi) is 5.31. The van der Waals surface area contributed by atoms with Gasteiger partial charge in [0.25, 0.3) is 0 Å². The van der Waals surface area contributed by atoms with E-state index in [1.807, 2.05) is 0 Å². The maximum atomic E-state index is 4.69. The van der Waals surface area contributed by atoms with Crippen molar-refractivity contribution in [1.29, 1.82) is 0 Å². The lowest BCUT2D eigenvalue weighted by Gasteiger charge is -2.33. The van der Waals surface area contributed by atoms with Crippen molar-refractivity contribution in [1.82, 2.24) is 9.97 Å². The van der Waals surface area contributed by atoms with Crippen molar-refractivity contribution >= 4 is 23.4 Å². The van der Waals surface area contributed by atoms with Crippen LogP contribution in [0.1, 0.15) is 33.0 Å². The number of rotatable bonds is 5. The van der Waals surface area contributed by atoms with E-state index in [1.54, 1.807) is 0 Å². The van der Waals surface area contributed by atoms with Crippen LogP contribution in [0.5, 0.6) is 0 Å². The summed E-state index contributed by atoms with van der Waals surface area (Å²) in [6.45, 7) is 9.56. The number of nitrogens with zero attached hydrogens (tertiary/aromatic N) is 3. The van der Waals surface area contributed by atoms with E-state index in [0.29, 0.717) is 0 Å². The molecule has 5 heteroatoms. The predicted molar refractivity (Wildman–Crippen MR) is 84.3 cm³/mol. The average Bonchev–Trinajstić information content (AvgIpc) is 2.47. The molecule has 1 saturated heterocycles.